The summed E-state index contributed by atoms with van der Waals surface area (Å²) in [4.78, 5) is 10.2. The van der Waals surface area contributed by atoms with E-state index in [4.69, 9.17) is 4.74 Å². The molecule has 0 aromatic heterocycles. The Morgan fingerprint density at radius 3 is 3.17 bits per heavy atom. The molecule has 0 bridgehead atoms. The van der Waals surface area contributed by atoms with Crippen molar-refractivity contribution in [2.45, 2.75) is 44.3 Å². The minimum Gasteiger partial charge on any atom is -0.462 e. The highest BCUT2D eigenvalue weighted by Gasteiger charge is 2.49. The molecule has 0 spiro atoms. The van der Waals surface area contributed by atoms with E-state index in [2.05, 4.69) is 21.6 Å². The normalized spacial score (nSPS) is 32.6. The first kappa shape index (κ1) is 13.5. The number of hydrogen-bond donors (Lipinski definition) is 0. The van der Waals surface area contributed by atoms with E-state index in [0.717, 1.165) is 25.8 Å². The van der Waals surface area contributed by atoms with Crippen LogP contribution in [0.15, 0.2) is 9.98 Å². The molecule has 2 fully saturated rings. The predicted molar refractivity (Wildman–Crippen MR) is 71.1 cm³/mol. The Bertz CT molecular complexity index is 334. The number of ether oxygens (including phenoxy) is 1. The lowest BCUT2D eigenvalue weighted by Crippen LogP contribution is -2.42. The Hall–Kier alpha value is -0.970. The number of hydrogen-bond acceptors (Lipinski definition) is 3. The summed E-state index contributed by atoms with van der Waals surface area (Å²) in [6, 6.07) is 0.348. The van der Waals surface area contributed by atoms with E-state index in [1.807, 2.05) is 6.92 Å². The molecule has 2 saturated heterocycles. The fraction of sp³-hybridized carbons (Fsp3) is 0.846. The summed E-state index contributed by atoms with van der Waals surface area (Å²) in [6.07, 6.45) is 2.93. The number of alkyl halides is 1. The smallest absolute Gasteiger partial charge is 0.311 e. The molecule has 2 rings (SSSR count). The molecule has 0 aromatic carbocycles. The second-order valence-corrected chi connectivity index (χ2v) is 5.19. The van der Waals surface area contributed by atoms with E-state index in [0.29, 0.717) is 32.1 Å². The van der Waals surface area contributed by atoms with Crippen LogP contribution in [0.3, 0.4) is 0 Å². The molecule has 2 aliphatic rings. The molecule has 1 unspecified atom stereocenters. The van der Waals surface area contributed by atoms with Crippen molar-refractivity contribution >= 4 is 12.7 Å². The van der Waals surface area contributed by atoms with Gasteiger partial charge < -0.3 is 4.74 Å². The van der Waals surface area contributed by atoms with Crippen LogP contribution in [-0.2, 0) is 4.74 Å². The van der Waals surface area contributed by atoms with Gasteiger partial charge in [0.2, 0.25) is 0 Å². The van der Waals surface area contributed by atoms with E-state index in [1.54, 1.807) is 0 Å². The Kier molecular flexibility index (Phi) is 4.32. The van der Waals surface area contributed by atoms with Gasteiger partial charge in [0.25, 0.3) is 0 Å². The Labute approximate surface area is 108 Å². The van der Waals surface area contributed by atoms with Crippen LogP contribution < -0.4 is 0 Å². The third-order valence-corrected chi connectivity index (χ3v) is 3.84. The summed E-state index contributed by atoms with van der Waals surface area (Å²) in [6.45, 7) is 8.21. The minimum atomic E-state index is -0.721. The zero-order valence-corrected chi connectivity index (χ0v) is 11.1. The molecule has 2 aliphatic heterocycles. The zero-order chi connectivity index (χ0) is 13.0. The largest absolute Gasteiger partial charge is 0.462 e. The van der Waals surface area contributed by atoms with Gasteiger partial charge in [-0.25, -0.2) is 14.4 Å². The molecule has 5 heteroatoms. The van der Waals surface area contributed by atoms with Crippen molar-refractivity contribution in [2.75, 3.05) is 26.2 Å². The Morgan fingerprint density at radius 1 is 1.61 bits per heavy atom. The van der Waals surface area contributed by atoms with E-state index < -0.39 is 6.17 Å². The van der Waals surface area contributed by atoms with Gasteiger partial charge in [0.15, 0.2) is 0 Å². The monoisotopic (exact) mass is 255 g/mol. The molecule has 0 radical (unpaired) electrons. The van der Waals surface area contributed by atoms with Crippen molar-refractivity contribution in [3.05, 3.63) is 0 Å². The zero-order valence-electron chi connectivity index (χ0n) is 11.1. The summed E-state index contributed by atoms with van der Waals surface area (Å²) in [5.41, 5.74) is -0.128. The van der Waals surface area contributed by atoms with Crippen molar-refractivity contribution < 1.29 is 9.13 Å². The van der Waals surface area contributed by atoms with Crippen LogP contribution in [0.5, 0.6) is 0 Å². The molecule has 0 saturated carbocycles. The maximum atomic E-state index is 13.5. The standard InChI is InChI=1S/C13H22FN3O/c1-3-6-16-12(15-2)18-10-13-5-4-7-17(13)9-11(14)8-13/h11H,2-10H2,1H3/b16-12+/t11?,13-/m0/s1. The van der Waals surface area contributed by atoms with Gasteiger partial charge >= 0.3 is 6.02 Å². The second kappa shape index (κ2) is 5.78. The van der Waals surface area contributed by atoms with Crippen LogP contribution in [0.2, 0.25) is 0 Å². The molecule has 4 nitrogen and oxygen atoms in total. The average Bonchev–Trinajstić information content (AvgIpc) is 2.85. The maximum Gasteiger partial charge on any atom is 0.311 e. The van der Waals surface area contributed by atoms with E-state index in [1.165, 1.54) is 0 Å². The predicted octanol–water partition coefficient (Wildman–Crippen LogP) is 2.05. The topological polar surface area (TPSA) is 37.2 Å². The Morgan fingerprint density at radius 2 is 2.44 bits per heavy atom. The van der Waals surface area contributed by atoms with Crippen LogP contribution in [-0.4, -0.2) is 55.6 Å². The molecule has 2 atom stereocenters. The summed E-state index contributed by atoms with van der Waals surface area (Å²) < 4.78 is 19.2. The van der Waals surface area contributed by atoms with Gasteiger partial charge in [0.1, 0.15) is 12.8 Å². The lowest BCUT2D eigenvalue weighted by Gasteiger charge is -2.30. The lowest BCUT2D eigenvalue weighted by molar-refractivity contribution is 0.105. The number of halogens is 1. The van der Waals surface area contributed by atoms with Crippen molar-refractivity contribution in [1.82, 2.24) is 4.90 Å². The molecule has 2 heterocycles. The number of rotatable bonds is 4. The Balaban J connectivity index is 1.94. The lowest BCUT2D eigenvalue weighted by atomic mass is 9.95. The first-order valence-electron chi connectivity index (χ1n) is 6.73. The van der Waals surface area contributed by atoms with E-state index in [-0.39, 0.29) is 5.54 Å². The number of nitrogens with zero attached hydrogens (tertiary/aromatic N) is 3. The summed E-state index contributed by atoms with van der Waals surface area (Å²) >= 11 is 0. The third-order valence-electron chi connectivity index (χ3n) is 3.84. The van der Waals surface area contributed by atoms with Crippen molar-refractivity contribution in [3.8, 4) is 0 Å². The molecular weight excluding hydrogens is 233 g/mol. The summed E-state index contributed by atoms with van der Waals surface area (Å²) in [5.74, 6) is 0. The minimum absolute atomic E-state index is 0.128. The molecular formula is C13H22FN3O. The fourth-order valence-electron chi connectivity index (χ4n) is 3.00. The number of amidine groups is 1. The second-order valence-electron chi connectivity index (χ2n) is 5.19. The van der Waals surface area contributed by atoms with Crippen LogP contribution in [0.25, 0.3) is 0 Å². The number of aliphatic imine (C=N–C) groups is 2. The van der Waals surface area contributed by atoms with E-state index >= 15 is 0 Å². The molecule has 102 valence electrons. The highest BCUT2D eigenvalue weighted by atomic mass is 19.1. The van der Waals surface area contributed by atoms with Crippen molar-refractivity contribution in [1.29, 1.82) is 0 Å². The molecule has 0 N–H and O–H groups in total. The van der Waals surface area contributed by atoms with E-state index in [9.17, 15) is 4.39 Å². The quantitative estimate of drug-likeness (QED) is 0.569. The van der Waals surface area contributed by atoms with Gasteiger partial charge in [0, 0.05) is 19.5 Å². The van der Waals surface area contributed by atoms with Crippen LogP contribution in [0.4, 0.5) is 4.39 Å². The van der Waals surface area contributed by atoms with Crippen LogP contribution in [0, 0.1) is 0 Å². The molecule has 18 heavy (non-hydrogen) atoms. The third kappa shape index (κ3) is 2.71. The average molecular weight is 255 g/mol. The highest BCUT2D eigenvalue weighted by Crippen LogP contribution is 2.40. The molecule has 0 aliphatic carbocycles. The van der Waals surface area contributed by atoms with Gasteiger partial charge in [-0.1, -0.05) is 6.92 Å². The van der Waals surface area contributed by atoms with Crippen LogP contribution >= 0.6 is 0 Å². The van der Waals surface area contributed by atoms with Crippen molar-refractivity contribution in [2.24, 2.45) is 9.98 Å². The molecule has 0 aromatic rings. The number of fused-ring (bicyclic) bond motifs is 1. The summed E-state index contributed by atoms with van der Waals surface area (Å²) in [5, 5.41) is 0. The molecule has 0 amide bonds. The fourth-order valence-corrected chi connectivity index (χ4v) is 3.00. The van der Waals surface area contributed by atoms with Gasteiger partial charge in [-0.3, -0.25) is 4.90 Å². The SMILES string of the molecule is C=N/C(=N\CCC)OC[C@@]12CCCN1CC(F)C2. The summed E-state index contributed by atoms with van der Waals surface area (Å²) in [7, 11) is 0. The van der Waals surface area contributed by atoms with Gasteiger partial charge in [-0.05, 0) is 32.5 Å². The first-order valence-corrected chi connectivity index (χ1v) is 6.73. The highest BCUT2D eigenvalue weighted by molar-refractivity contribution is 5.78. The van der Waals surface area contributed by atoms with Crippen molar-refractivity contribution in [3.63, 3.8) is 0 Å². The van der Waals surface area contributed by atoms with Gasteiger partial charge in [-0.2, -0.15) is 0 Å². The van der Waals surface area contributed by atoms with Gasteiger partial charge in [0.05, 0.1) is 5.54 Å². The maximum absolute atomic E-state index is 13.5. The van der Waals surface area contributed by atoms with Crippen LogP contribution in [0.1, 0.15) is 32.6 Å². The van der Waals surface area contributed by atoms with Gasteiger partial charge in [-0.15, -0.1) is 0 Å². The first-order chi connectivity index (χ1) is 8.70.